The molecule has 5 rings (SSSR count). The molecule has 0 saturated carbocycles. The van der Waals surface area contributed by atoms with Crippen molar-refractivity contribution in [3.63, 3.8) is 0 Å². The molecule has 0 radical (unpaired) electrons. The summed E-state index contributed by atoms with van der Waals surface area (Å²) < 4.78 is 0.883. The van der Waals surface area contributed by atoms with Gasteiger partial charge in [-0.3, -0.25) is 14.4 Å². The lowest BCUT2D eigenvalue weighted by molar-refractivity contribution is -0.126. The molecule has 0 aromatic heterocycles. The summed E-state index contributed by atoms with van der Waals surface area (Å²) in [5, 5.41) is 1.73. The van der Waals surface area contributed by atoms with E-state index in [4.69, 9.17) is 4.84 Å². The molecule has 0 bridgehead atoms. The molecule has 0 spiro atoms. The second kappa shape index (κ2) is 8.12. The summed E-state index contributed by atoms with van der Waals surface area (Å²) >= 11 is 3.41. The van der Waals surface area contributed by atoms with Gasteiger partial charge in [-0.25, -0.2) is 9.96 Å². The molecule has 0 unspecified atom stereocenters. The number of hydroxylamine groups is 1. The number of hydrogen-bond acceptors (Lipinski definition) is 4. The zero-order valence-corrected chi connectivity index (χ0v) is 20.3. The standard InChI is InChI=1S/C27H25BrN2O3/c1-27(2,3)18-11-9-17(10-12-18)23-22-24(33-30(23)21-7-5-4-6-8-21)26(32)29(25(22)31)20-15-13-19(28)14-16-20/h4-16,22-24H,1-3H3/t22-,23+,24-/m0/s1. The summed E-state index contributed by atoms with van der Waals surface area (Å²) in [5.74, 6) is -1.21. The largest absolute Gasteiger partial charge is 0.273 e. The van der Waals surface area contributed by atoms with Crippen LogP contribution >= 0.6 is 15.9 Å². The van der Waals surface area contributed by atoms with Crippen molar-refractivity contribution in [1.29, 1.82) is 0 Å². The number of benzene rings is 3. The summed E-state index contributed by atoms with van der Waals surface area (Å²) in [5.41, 5.74) is 3.53. The quantitative estimate of drug-likeness (QED) is 0.423. The Bertz CT molecular complexity index is 1190. The monoisotopic (exact) mass is 504 g/mol. The maximum atomic E-state index is 13.7. The minimum absolute atomic E-state index is 0.0177. The molecule has 33 heavy (non-hydrogen) atoms. The molecule has 2 saturated heterocycles. The van der Waals surface area contributed by atoms with Crippen molar-refractivity contribution in [3.8, 4) is 0 Å². The number of nitrogens with zero attached hydrogens (tertiary/aromatic N) is 2. The maximum absolute atomic E-state index is 13.7. The van der Waals surface area contributed by atoms with Gasteiger partial charge in [0.25, 0.3) is 5.91 Å². The second-order valence-corrected chi connectivity index (χ2v) is 10.4. The highest BCUT2D eigenvalue weighted by molar-refractivity contribution is 9.10. The summed E-state index contributed by atoms with van der Waals surface area (Å²) in [6, 6.07) is 24.7. The molecule has 2 heterocycles. The van der Waals surface area contributed by atoms with Crippen molar-refractivity contribution in [2.45, 2.75) is 38.3 Å². The van der Waals surface area contributed by atoms with Crippen LogP contribution in [0.15, 0.2) is 83.3 Å². The molecule has 0 N–H and O–H groups in total. The number of para-hydroxylation sites is 1. The molecular weight excluding hydrogens is 480 g/mol. The van der Waals surface area contributed by atoms with Crippen LogP contribution in [0.25, 0.3) is 0 Å². The van der Waals surface area contributed by atoms with Gasteiger partial charge in [0, 0.05) is 4.47 Å². The minimum Gasteiger partial charge on any atom is -0.273 e. The molecule has 2 aliphatic rings. The fraction of sp³-hybridized carbons (Fsp3) is 0.259. The van der Waals surface area contributed by atoms with Crippen LogP contribution < -0.4 is 9.96 Å². The van der Waals surface area contributed by atoms with Gasteiger partial charge in [0.2, 0.25) is 5.91 Å². The molecule has 2 amide bonds. The van der Waals surface area contributed by atoms with Crippen molar-refractivity contribution < 1.29 is 14.4 Å². The van der Waals surface area contributed by atoms with E-state index in [0.29, 0.717) is 5.69 Å². The molecule has 3 atom stereocenters. The van der Waals surface area contributed by atoms with Crippen LogP contribution in [0.5, 0.6) is 0 Å². The Balaban J connectivity index is 1.57. The Kier molecular flexibility index (Phi) is 5.38. The van der Waals surface area contributed by atoms with Crippen LogP contribution in [0.2, 0.25) is 0 Å². The highest BCUT2D eigenvalue weighted by Gasteiger charge is 2.60. The van der Waals surface area contributed by atoms with Gasteiger partial charge >= 0.3 is 0 Å². The number of anilines is 2. The molecule has 3 aromatic rings. The van der Waals surface area contributed by atoms with Crippen molar-refractivity contribution >= 4 is 39.1 Å². The van der Waals surface area contributed by atoms with Crippen molar-refractivity contribution in [2.75, 3.05) is 9.96 Å². The number of carbonyl (C=O) groups excluding carboxylic acids is 2. The van der Waals surface area contributed by atoms with Gasteiger partial charge < -0.3 is 0 Å². The molecule has 6 heteroatoms. The molecule has 0 aliphatic carbocycles. The number of imide groups is 1. The lowest BCUT2D eigenvalue weighted by Gasteiger charge is -2.29. The smallest absolute Gasteiger partial charge is 0.266 e. The molecular formula is C27H25BrN2O3. The average molecular weight is 505 g/mol. The summed E-state index contributed by atoms with van der Waals surface area (Å²) in [4.78, 5) is 34.5. The number of fused-ring (bicyclic) bond motifs is 1. The van der Waals surface area contributed by atoms with Gasteiger partial charge in [0.15, 0.2) is 6.10 Å². The van der Waals surface area contributed by atoms with Gasteiger partial charge in [-0.15, -0.1) is 0 Å². The first-order valence-corrected chi connectivity index (χ1v) is 11.8. The zero-order chi connectivity index (χ0) is 23.3. The van der Waals surface area contributed by atoms with Crippen molar-refractivity contribution in [3.05, 3.63) is 94.5 Å². The van der Waals surface area contributed by atoms with E-state index in [2.05, 4.69) is 48.8 Å². The number of hydrogen-bond donors (Lipinski definition) is 0. The van der Waals surface area contributed by atoms with Crippen LogP contribution in [0.3, 0.4) is 0 Å². The third-order valence-electron chi connectivity index (χ3n) is 6.33. The molecule has 3 aromatic carbocycles. The highest BCUT2D eigenvalue weighted by Crippen LogP contribution is 2.47. The third kappa shape index (κ3) is 3.77. The topological polar surface area (TPSA) is 49.9 Å². The number of rotatable bonds is 3. The Hall–Kier alpha value is -2.96. The zero-order valence-electron chi connectivity index (χ0n) is 18.7. The van der Waals surface area contributed by atoms with E-state index in [9.17, 15) is 9.59 Å². The first-order chi connectivity index (χ1) is 15.8. The Morgan fingerprint density at radius 1 is 0.788 bits per heavy atom. The van der Waals surface area contributed by atoms with E-state index in [1.54, 1.807) is 17.2 Å². The number of halogens is 1. The molecule has 2 fully saturated rings. The minimum atomic E-state index is -0.867. The SMILES string of the molecule is CC(C)(C)c1ccc([C@@H]2[C@@H]3C(=O)N(c4ccc(Br)cc4)C(=O)[C@H]3ON2c2ccccc2)cc1. The van der Waals surface area contributed by atoms with Crippen LogP contribution in [0, 0.1) is 5.92 Å². The summed E-state index contributed by atoms with van der Waals surface area (Å²) in [7, 11) is 0. The van der Waals surface area contributed by atoms with Gasteiger partial charge in [-0.2, -0.15) is 0 Å². The van der Waals surface area contributed by atoms with Gasteiger partial charge in [0.1, 0.15) is 5.92 Å². The first-order valence-electron chi connectivity index (χ1n) is 11.0. The Labute approximate surface area is 202 Å². The van der Waals surface area contributed by atoms with Crippen LogP contribution in [0.1, 0.15) is 37.9 Å². The third-order valence-corrected chi connectivity index (χ3v) is 6.86. The van der Waals surface area contributed by atoms with Crippen molar-refractivity contribution in [2.24, 2.45) is 5.92 Å². The molecule has 2 aliphatic heterocycles. The fourth-order valence-electron chi connectivity index (χ4n) is 4.58. The second-order valence-electron chi connectivity index (χ2n) is 9.52. The van der Waals surface area contributed by atoms with Crippen molar-refractivity contribution in [1.82, 2.24) is 0 Å². The van der Waals surface area contributed by atoms with Gasteiger partial charge in [0.05, 0.1) is 17.4 Å². The first kappa shape index (κ1) is 21.9. The number of amides is 2. The highest BCUT2D eigenvalue weighted by atomic mass is 79.9. The Morgan fingerprint density at radius 2 is 1.42 bits per heavy atom. The normalized spacial score (nSPS) is 22.7. The van der Waals surface area contributed by atoms with E-state index in [1.807, 2.05) is 54.6 Å². The predicted octanol–water partition coefficient (Wildman–Crippen LogP) is 5.80. The fourth-order valence-corrected chi connectivity index (χ4v) is 4.84. The van der Waals surface area contributed by atoms with Crippen LogP contribution in [0.4, 0.5) is 11.4 Å². The lowest BCUT2D eigenvalue weighted by Crippen LogP contribution is -2.37. The summed E-state index contributed by atoms with van der Waals surface area (Å²) in [6.45, 7) is 6.51. The van der Waals surface area contributed by atoms with Crippen LogP contribution in [-0.4, -0.2) is 17.9 Å². The summed E-state index contributed by atoms with van der Waals surface area (Å²) in [6.07, 6.45) is -0.867. The van der Waals surface area contributed by atoms with E-state index in [1.165, 1.54) is 10.5 Å². The van der Waals surface area contributed by atoms with E-state index in [-0.39, 0.29) is 17.2 Å². The molecule has 168 valence electrons. The molecule has 5 nitrogen and oxygen atoms in total. The Morgan fingerprint density at radius 3 is 2.03 bits per heavy atom. The van der Waals surface area contributed by atoms with E-state index in [0.717, 1.165) is 15.7 Å². The lowest BCUT2D eigenvalue weighted by atomic mass is 9.84. The van der Waals surface area contributed by atoms with Crippen LogP contribution in [-0.2, 0) is 19.8 Å². The average Bonchev–Trinajstić information content (AvgIpc) is 3.31. The number of carbonyl (C=O) groups is 2. The van der Waals surface area contributed by atoms with E-state index >= 15 is 0 Å². The maximum Gasteiger partial charge on any atom is 0.266 e. The van der Waals surface area contributed by atoms with E-state index < -0.39 is 18.1 Å². The predicted molar refractivity (Wildman–Crippen MR) is 132 cm³/mol. The van der Waals surface area contributed by atoms with Gasteiger partial charge in [-0.05, 0) is 52.9 Å². The van der Waals surface area contributed by atoms with Gasteiger partial charge in [-0.1, -0.05) is 79.2 Å².